The lowest BCUT2D eigenvalue weighted by Gasteiger charge is -2.37. The Kier molecular flexibility index (Phi) is 3.80. The maximum atomic E-state index is 13.4. The van der Waals surface area contributed by atoms with E-state index in [4.69, 9.17) is 9.72 Å². The van der Waals surface area contributed by atoms with Crippen molar-refractivity contribution in [3.8, 4) is 5.75 Å². The van der Waals surface area contributed by atoms with Gasteiger partial charge < -0.3 is 14.0 Å². The predicted octanol–water partition coefficient (Wildman–Crippen LogP) is 4.35. The van der Waals surface area contributed by atoms with Crippen LogP contribution in [0.3, 0.4) is 0 Å². The van der Waals surface area contributed by atoms with Crippen molar-refractivity contribution in [1.29, 1.82) is 0 Å². The summed E-state index contributed by atoms with van der Waals surface area (Å²) in [4.78, 5) is 20.3. The number of hydrogen-bond donors (Lipinski definition) is 0. The SMILES string of the molecule is Cc1nc2c3c(c(C(=O)N4CCCC4)cn2c1C)CCC1(CCc2ccccc21)O3. The molecule has 30 heavy (non-hydrogen) atoms. The van der Waals surface area contributed by atoms with Crippen molar-refractivity contribution in [2.75, 3.05) is 13.1 Å². The first kappa shape index (κ1) is 18.0. The quantitative estimate of drug-likeness (QED) is 0.609. The predicted molar refractivity (Wildman–Crippen MR) is 115 cm³/mol. The van der Waals surface area contributed by atoms with Crippen molar-refractivity contribution in [2.24, 2.45) is 0 Å². The number of aromatic nitrogens is 2. The third-order valence-corrected chi connectivity index (χ3v) is 7.45. The third kappa shape index (κ3) is 2.41. The smallest absolute Gasteiger partial charge is 0.255 e. The molecule has 2 aromatic heterocycles. The van der Waals surface area contributed by atoms with Gasteiger partial charge in [0.25, 0.3) is 5.91 Å². The molecule has 1 aliphatic carbocycles. The Morgan fingerprint density at radius 3 is 2.70 bits per heavy atom. The second-order valence-corrected chi connectivity index (χ2v) is 9.08. The summed E-state index contributed by atoms with van der Waals surface area (Å²) in [7, 11) is 0. The average Bonchev–Trinajstić information content (AvgIpc) is 3.48. The molecule has 1 fully saturated rings. The normalized spacial score (nSPS) is 22.4. The summed E-state index contributed by atoms with van der Waals surface area (Å²) in [5, 5.41) is 0. The van der Waals surface area contributed by atoms with Crippen LogP contribution >= 0.6 is 0 Å². The van der Waals surface area contributed by atoms with E-state index in [-0.39, 0.29) is 11.5 Å². The molecule has 1 spiro atoms. The second kappa shape index (κ2) is 6.34. The van der Waals surface area contributed by atoms with E-state index in [1.54, 1.807) is 0 Å². The number of likely N-dealkylation sites (tertiary alicyclic amines) is 1. The van der Waals surface area contributed by atoms with E-state index in [1.165, 1.54) is 11.1 Å². The van der Waals surface area contributed by atoms with Gasteiger partial charge in [-0.3, -0.25) is 4.79 Å². The molecule has 5 heteroatoms. The van der Waals surface area contributed by atoms with Crippen molar-refractivity contribution < 1.29 is 9.53 Å². The first-order chi connectivity index (χ1) is 14.6. The molecular formula is C25H27N3O2. The van der Waals surface area contributed by atoms with Crippen LogP contribution in [0.25, 0.3) is 5.65 Å². The first-order valence-electron chi connectivity index (χ1n) is 11.2. The zero-order valence-electron chi connectivity index (χ0n) is 17.7. The molecule has 154 valence electrons. The number of rotatable bonds is 1. The molecule has 0 radical (unpaired) electrons. The summed E-state index contributed by atoms with van der Waals surface area (Å²) in [6.07, 6.45) is 7.98. The molecule has 4 heterocycles. The van der Waals surface area contributed by atoms with Crippen LogP contribution in [0.4, 0.5) is 0 Å². The number of hydrogen-bond acceptors (Lipinski definition) is 3. The molecule has 1 unspecified atom stereocenters. The second-order valence-electron chi connectivity index (χ2n) is 9.08. The minimum atomic E-state index is -0.298. The Balaban J connectivity index is 1.54. The van der Waals surface area contributed by atoms with Crippen LogP contribution in [0, 0.1) is 13.8 Å². The zero-order valence-corrected chi connectivity index (χ0v) is 17.7. The minimum absolute atomic E-state index is 0.141. The average molecular weight is 402 g/mol. The summed E-state index contributed by atoms with van der Waals surface area (Å²) in [6, 6.07) is 8.65. The van der Waals surface area contributed by atoms with Gasteiger partial charge in [-0.1, -0.05) is 24.3 Å². The molecule has 1 atom stereocenters. The van der Waals surface area contributed by atoms with Gasteiger partial charge in [0.2, 0.25) is 0 Å². The number of carbonyl (C=O) groups excluding carboxylic acids is 1. The van der Waals surface area contributed by atoms with Gasteiger partial charge in [-0.25, -0.2) is 4.98 Å². The number of pyridine rings is 1. The van der Waals surface area contributed by atoms with E-state index in [9.17, 15) is 4.79 Å². The number of ether oxygens (including phenoxy) is 1. The van der Waals surface area contributed by atoms with Crippen LogP contribution in [0.5, 0.6) is 5.75 Å². The fourth-order valence-electron chi connectivity index (χ4n) is 5.63. The Morgan fingerprint density at radius 2 is 1.87 bits per heavy atom. The Bertz CT molecular complexity index is 1190. The van der Waals surface area contributed by atoms with Crippen LogP contribution < -0.4 is 4.74 Å². The van der Waals surface area contributed by atoms with Crippen LogP contribution in [0.2, 0.25) is 0 Å². The van der Waals surface area contributed by atoms with Gasteiger partial charge in [-0.15, -0.1) is 0 Å². The molecular weight excluding hydrogens is 374 g/mol. The molecule has 1 aromatic carbocycles. The molecule has 0 N–H and O–H groups in total. The summed E-state index contributed by atoms with van der Waals surface area (Å²) >= 11 is 0. The van der Waals surface area contributed by atoms with Gasteiger partial charge in [-0.05, 0) is 63.5 Å². The Labute approximate surface area is 176 Å². The number of aryl methyl sites for hydroxylation is 3. The van der Waals surface area contributed by atoms with E-state index in [0.29, 0.717) is 0 Å². The minimum Gasteiger partial charge on any atom is -0.478 e. The van der Waals surface area contributed by atoms with Gasteiger partial charge >= 0.3 is 0 Å². The highest BCUT2D eigenvalue weighted by Gasteiger charge is 2.45. The van der Waals surface area contributed by atoms with Gasteiger partial charge in [0.15, 0.2) is 11.4 Å². The fraction of sp³-hybridized carbons (Fsp3) is 0.440. The third-order valence-electron chi connectivity index (χ3n) is 7.45. The lowest BCUT2D eigenvalue weighted by molar-refractivity contribution is 0.0449. The number of carbonyl (C=O) groups is 1. The molecule has 1 amide bonds. The molecule has 3 aliphatic rings. The molecule has 1 saturated heterocycles. The van der Waals surface area contributed by atoms with Crippen LogP contribution in [0.15, 0.2) is 30.5 Å². The molecule has 2 aliphatic heterocycles. The summed E-state index contributed by atoms with van der Waals surface area (Å²) < 4.78 is 8.95. The van der Waals surface area contributed by atoms with Crippen molar-refractivity contribution in [1.82, 2.24) is 14.3 Å². The standard InChI is InChI=1S/C25H27N3O2/c1-16-17(2)28-15-20(24(29)27-13-5-6-14-27)19-10-12-25(30-22(19)23(28)26-16)11-9-18-7-3-4-8-21(18)25/h3-4,7-8,15H,5-6,9-14H2,1-2H3. The molecule has 0 bridgehead atoms. The molecule has 3 aromatic rings. The van der Waals surface area contributed by atoms with E-state index >= 15 is 0 Å². The van der Waals surface area contributed by atoms with Gasteiger partial charge in [-0.2, -0.15) is 0 Å². The van der Waals surface area contributed by atoms with E-state index in [1.807, 2.05) is 18.0 Å². The first-order valence-corrected chi connectivity index (χ1v) is 11.2. The van der Waals surface area contributed by atoms with E-state index in [0.717, 1.165) is 85.5 Å². The van der Waals surface area contributed by atoms with Crippen LogP contribution in [-0.4, -0.2) is 33.3 Å². The molecule has 0 saturated carbocycles. The highest BCUT2D eigenvalue weighted by molar-refractivity contribution is 5.97. The maximum absolute atomic E-state index is 13.4. The number of imidazole rings is 1. The Hall–Kier alpha value is -2.82. The molecule has 5 nitrogen and oxygen atoms in total. The van der Waals surface area contributed by atoms with Gasteiger partial charge in [0.05, 0.1) is 11.3 Å². The number of nitrogens with zero attached hydrogens (tertiary/aromatic N) is 3. The number of benzene rings is 1. The van der Waals surface area contributed by atoms with Crippen LogP contribution in [0.1, 0.15) is 64.1 Å². The van der Waals surface area contributed by atoms with Crippen molar-refractivity contribution in [3.05, 3.63) is 64.1 Å². The zero-order chi connectivity index (χ0) is 20.5. The summed E-state index contributed by atoms with van der Waals surface area (Å²) in [5.41, 5.74) is 7.13. The monoisotopic (exact) mass is 401 g/mol. The highest BCUT2D eigenvalue weighted by atomic mass is 16.5. The van der Waals surface area contributed by atoms with Gasteiger partial charge in [0, 0.05) is 30.5 Å². The largest absolute Gasteiger partial charge is 0.478 e. The Morgan fingerprint density at radius 1 is 1.10 bits per heavy atom. The maximum Gasteiger partial charge on any atom is 0.255 e. The van der Waals surface area contributed by atoms with E-state index < -0.39 is 0 Å². The van der Waals surface area contributed by atoms with Crippen molar-refractivity contribution in [3.63, 3.8) is 0 Å². The number of amides is 1. The van der Waals surface area contributed by atoms with Crippen molar-refractivity contribution >= 4 is 11.6 Å². The van der Waals surface area contributed by atoms with E-state index in [2.05, 4.69) is 35.6 Å². The van der Waals surface area contributed by atoms with Gasteiger partial charge in [0.1, 0.15) is 5.60 Å². The highest BCUT2D eigenvalue weighted by Crippen LogP contribution is 2.49. The lowest BCUT2D eigenvalue weighted by atomic mass is 9.85. The van der Waals surface area contributed by atoms with Crippen LogP contribution in [-0.2, 0) is 18.4 Å². The fourth-order valence-corrected chi connectivity index (χ4v) is 5.63. The number of fused-ring (bicyclic) bond motifs is 5. The molecule has 6 rings (SSSR count). The topological polar surface area (TPSA) is 46.8 Å². The summed E-state index contributed by atoms with van der Waals surface area (Å²) in [5.74, 6) is 0.960. The lowest BCUT2D eigenvalue weighted by Crippen LogP contribution is -2.36. The van der Waals surface area contributed by atoms with Crippen molar-refractivity contribution in [2.45, 2.75) is 58.0 Å². The summed E-state index contributed by atoms with van der Waals surface area (Å²) in [6.45, 7) is 5.80.